The second kappa shape index (κ2) is 6.93. The molecule has 6 nitrogen and oxygen atoms in total. The minimum Gasteiger partial charge on any atom is -0.451 e. The van der Waals surface area contributed by atoms with Crippen LogP contribution in [-0.2, 0) is 6.54 Å². The van der Waals surface area contributed by atoms with Gasteiger partial charge in [0.25, 0.3) is 5.91 Å². The molecule has 2 aromatic heterocycles. The van der Waals surface area contributed by atoms with E-state index in [-0.39, 0.29) is 12.5 Å². The van der Waals surface area contributed by atoms with E-state index in [1.54, 1.807) is 12.3 Å². The third-order valence-corrected chi connectivity index (χ3v) is 4.43. The molecule has 4 rings (SSSR count). The molecule has 1 saturated heterocycles. The molecule has 0 radical (unpaired) electrons. The molecule has 0 unspecified atom stereocenters. The topological polar surface area (TPSA) is 71.3 Å². The number of rotatable bonds is 4. The number of nitrogens with one attached hydrogen (secondary N) is 1. The molecule has 1 aliphatic rings. The van der Waals surface area contributed by atoms with Crippen LogP contribution in [0.3, 0.4) is 0 Å². The fourth-order valence-corrected chi connectivity index (χ4v) is 3.11. The highest BCUT2D eigenvalue weighted by atomic mass is 16.3. The Morgan fingerprint density at radius 2 is 2.00 bits per heavy atom. The van der Waals surface area contributed by atoms with Crippen LogP contribution >= 0.6 is 0 Å². The Bertz CT molecular complexity index is 851. The maximum absolute atomic E-state index is 12.3. The summed E-state index contributed by atoms with van der Waals surface area (Å²) in [4.78, 5) is 23.4. The molecule has 25 heavy (non-hydrogen) atoms. The van der Waals surface area contributed by atoms with Crippen molar-refractivity contribution >= 4 is 22.7 Å². The van der Waals surface area contributed by atoms with Crippen molar-refractivity contribution in [3.8, 4) is 0 Å². The minimum absolute atomic E-state index is 0.261. The van der Waals surface area contributed by atoms with Gasteiger partial charge in [-0.3, -0.25) is 4.79 Å². The first-order valence-corrected chi connectivity index (χ1v) is 8.63. The first-order chi connectivity index (χ1) is 12.3. The number of nitrogens with zero attached hydrogens (tertiary/aromatic N) is 3. The SMILES string of the molecule is O=C(NCc1nccc(N2CCCCC2)n1)c1cc2ccccc2o1. The molecular formula is C19H20N4O2. The summed E-state index contributed by atoms with van der Waals surface area (Å²) in [6.07, 6.45) is 5.42. The zero-order valence-electron chi connectivity index (χ0n) is 13.9. The van der Waals surface area contributed by atoms with E-state index in [0.717, 1.165) is 24.3 Å². The van der Waals surface area contributed by atoms with E-state index in [1.165, 1.54) is 19.3 Å². The Kier molecular flexibility index (Phi) is 4.33. The maximum Gasteiger partial charge on any atom is 0.287 e. The van der Waals surface area contributed by atoms with Gasteiger partial charge in [-0.1, -0.05) is 18.2 Å². The van der Waals surface area contributed by atoms with Gasteiger partial charge in [0.1, 0.15) is 17.2 Å². The van der Waals surface area contributed by atoms with Gasteiger partial charge in [-0.05, 0) is 37.5 Å². The number of benzene rings is 1. The molecule has 0 aliphatic carbocycles. The molecular weight excluding hydrogens is 316 g/mol. The number of furan rings is 1. The molecule has 3 aromatic rings. The van der Waals surface area contributed by atoms with Crippen LogP contribution in [0.4, 0.5) is 5.82 Å². The molecule has 6 heteroatoms. The molecule has 0 atom stereocenters. The van der Waals surface area contributed by atoms with Gasteiger partial charge in [0.2, 0.25) is 0 Å². The summed E-state index contributed by atoms with van der Waals surface area (Å²) >= 11 is 0. The number of hydrogen-bond acceptors (Lipinski definition) is 5. The highest BCUT2D eigenvalue weighted by Crippen LogP contribution is 2.19. The average molecular weight is 336 g/mol. The second-order valence-electron chi connectivity index (χ2n) is 6.21. The largest absolute Gasteiger partial charge is 0.451 e. The maximum atomic E-state index is 12.3. The smallest absolute Gasteiger partial charge is 0.287 e. The van der Waals surface area contributed by atoms with Gasteiger partial charge in [-0.15, -0.1) is 0 Å². The summed E-state index contributed by atoms with van der Waals surface area (Å²) in [6.45, 7) is 2.33. The van der Waals surface area contributed by atoms with E-state index in [0.29, 0.717) is 17.2 Å². The fraction of sp³-hybridized carbons (Fsp3) is 0.316. The molecule has 0 spiro atoms. The van der Waals surface area contributed by atoms with E-state index in [9.17, 15) is 4.79 Å². The van der Waals surface area contributed by atoms with Gasteiger partial charge < -0.3 is 14.6 Å². The summed E-state index contributed by atoms with van der Waals surface area (Å²) in [5.74, 6) is 1.58. The standard InChI is InChI=1S/C19H20N4O2/c24-19(16-12-14-6-2-3-7-15(14)25-16)21-13-17-20-9-8-18(22-17)23-10-4-1-5-11-23/h2-3,6-9,12H,1,4-5,10-11,13H2,(H,21,24). The van der Waals surface area contributed by atoms with Crippen LogP contribution in [0.15, 0.2) is 47.0 Å². The first-order valence-electron chi connectivity index (χ1n) is 8.63. The summed E-state index contributed by atoms with van der Waals surface area (Å²) in [7, 11) is 0. The third kappa shape index (κ3) is 3.47. The predicted octanol–water partition coefficient (Wildman–Crippen LogP) is 3.14. The lowest BCUT2D eigenvalue weighted by Gasteiger charge is -2.27. The molecule has 1 fully saturated rings. The zero-order valence-corrected chi connectivity index (χ0v) is 13.9. The van der Waals surface area contributed by atoms with Gasteiger partial charge >= 0.3 is 0 Å². The van der Waals surface area contributed by atoms with Gasteiger partial charge in [-0.2, -0.15) is 0 Å². The van der Waals surface area contributed by atoms with E-state index in [4.69, 9.17) is 4.42 Å². The van der Waals surface area contributed by atoms with Crippen LogP contribution in [0.2, 0.25) is 0 Å². The number of para-hydroxylation sites is 1. The number of amides is 1. The summed E-state index contributed by atoms with van der Waals surface area (Å²) in [5.41, 5.74) is 0.705. The highest BCUT2D eigenvalue weighted by Gasteiger charge is 2.14. The number of hydrogen-bond donors (Lipinski definition) is 1. The van der Waals surface area contributed by atoms with Crippen LogP contribution in [0.1, 0.15) is 35.6 Å². The zero-order chi connectivity index (χ0) is 17.1. The number of anilines is 1. The molecule has 1 aliphatic heterocycles. The Hall–Kier alpha value is -2.89. The van der Waals surface area contributed by atoms with Crippen LogP contribution < -0.4 is 10.2 Å². The van der Waals surface area contributed by atoms with Crippen LogP contribution in [0, 0.1) is 0 Å². The molecule has 128 valence electrons. The van der Waals surface area contributed by atoms with E-state index < -0.39 is 0 Å². The summed E-state index contributed by atoms with van der Waals surface area (Å²) in [5, 5.41) is 3.74. The second-order valence-corrected chi connectivity index (χ2v) is 6.21. The van der Waals surface area contributed by atoms with Crippen molar-refractivity contribution in [2.24, 2.45) is 0 Å². The number of carbonyl (C=O) groups excluding carboxylic acids is 1. The quantitative estimate of drug-likeness (QED) is 0.792. The van der Waals surface area contributed by atoms with Gasteiger partial charge in [0, 0.05) is 24.7 Å². The molecule has 1 amide bonds. The van der Waals surface area contributed by atoms with Crippen molar-refractivity contribution in [3.63, 3.8) is 0 Å². The van der Waals surface area contributed by atoms with Crippen molar-refractivity contribution in [1.29, 1.82) is 0 Å². The third-order valence-electron chi connectivity index (χ3n) is 4.43. The van der Waals surface area contributed by atoms with Crippen molar-refractivity contribution in [3.05, 3.63) is 54.2 Å². The van der Waals surface area contributed by atoms with E-state index in [2.05, 4.69) is 20.2 Å². The van der Waals surface area contributed by atoms with Gasteiger partial charge in [-0.25, -0.2) is 9.97 Å². The van der Waals surface area contributed by atoms with Crippen LogP contribution in [-0.4, -0.2) is 29.0 Å². The Balaban J connectivity index is 1.42. The lowest BCUT2D eigenvalue weighted by atomic mass is 10.1. The lowest BCUT2D eigenvalue weighted by molar-refractivity contribution is 0.0924. The average Bonchev–Trinajstić information content (AvgIpc) is 3.11. The Morgan fingerprint density at radius 3 is 2.84 bits per heavy atom. The van der Waals surface area contributed by atoms with Crippen LogP contribution in [0.5, 0.6) is 0 Å². The molecule has 1 aromatic carbocycles. The number of piperidine rings is 1. The van der Waals surface area contributed by atoms with Crippen LogP contribution in [0.25, 0.3) is 11.0 Å². The van der Waals surface area contributed by atoms with E-state index in [1.807, 2.05) is 30.3 Å². The first kappa shape index (κ1) is 15.6. The Morgan fingerprint density at radius 1 is 1.16 bits per heavy atom. The predicted molar refractivity (Wildman–Crippen MR) is 95.5 cm³/mol. The lowest BCUT2D eigenvalue weighted by Crippen LogP contribution is -2.31. The van der Waals surface area contributed by atoms with Crippen molar-refractivity contribution in [2.75, 3.05) is 18.0 Å². The van der Waals surface area contributed by atoms with Gasteiger partial charge in [0.05, 0.1) is 6.54 Å². The molecule has 0 bridgehead atoms. The van der Waals surface area contributed by atoms with Crippen molar-refractivity contribution in [2.45, 2.75) is 25.8 Å². The number of carbonyl (C=O) groups is 1. The monoisotopic (exact) mass is 336 g/mol. The summed E-state index contributed by atoms with van der Waals surface area (Å²) < 4.78 is 5.58. The molecule has 3 heterocycles. The minimum atomic E-state index is -0.261. The van der Waals surface area contributed by atoms with Gasteiger partial charge in [0.15, 0.2) is 5.76 Å². The molecule has 1 N–H and O–H groups in total. The highest BCUT2D eigenvalue weighted by molar-refractivity contribution is 5.95. The molecule has 0 saturated carbocycles. The number of fused-ring (bicyclic) bond motifs is 1. The summed E-state index contributed by atoms with van der Waals surface area (Å²) in [6, 6.07) is 11.2. The van der Waals surface area contributed by atoms with Crippen molar-refractivity contribution < 1.29 is 9.21 Å². The Labute approximate surface area is 145 Å². The normalized spacial score (nSPS) is 14.6. The fourth-order valence-electron chi connectivity index (χ4n) is 3.11. The van der Waals surface area contributed by atoms with Crippen molar-refractivity contribution in [1.82, 2.24) is 15.3 Å². The number of aromatic nitrogens is 2. The van der Waals surface area contributed by atoms with E-state index >= 15 is 0 Å².